The van der Waals surface area contributed by atoms with E-state index in [0.29, 0.717) is 6.04 Å². The van der Waals surface area contributed by atoms with Crippen LogP contribution < -0.4 is 10.1 Å². The molecule has 0 fully saturated rings. The molecule has 2 nitrogen and oxygen atoms in total. The van der Waals surface area contributed by atoms with Crippen LogP contribution in [0, 0.1) is 13.8 Å². The molecule has 19 heavy (non-hydrogen) atoms. The predicted octanol–water partition coefficient (Wildman–Crippen LogP) is 4.24. The Hall–Kier alpha value is -1.96. The Morgan fingerprint density at radius 2 is 1.89 bits per heavy atom. The SMILES string of the molecule is Cc1ccc(NC2CCOc3ccccc32)cc1C. The number of anilines is 1. The lowest BCUT2D eigenvalue weighted by Gasteiger charge is -2.27. The normalized spacial score (nSPS) is 17.5. The molecule has 0 aromatic heterocycles. The smallest absolute Gasteiger partial charge is 0.124 e. The van der Waals surface area contributed by atoms with Crippen molar-refractivity contribution in [2.24, 2.45) is 0 Å². The Balaban J connectivity index is 1.86. The molecule has 2 aromatic carbocycles. The molecule has 2 aromatic rings. The van der Waals surface area contributed by atoms with Gasteiger partial charge in [-0.05, 0) is 43.2 Å². The molecule has 0 radical (unpaired) electrons. The van der Waals surface area contributed by atoms with Gasteiger partial charge in [0.1, 0.15) is 5.75 Å². The molecule has 1 unspecified atom stereocenters. The Morgan fingerprint density at radius 1 is 1.05 bits per heavy atom. The number of para-hydroxylation sites is 1. The van der Waals surface area contributed by atoms with Gasteiger partial charge in [-0.25, -0.2) is 0 Å². The molecule has 0 bridgehead atoms. The van der Waals surface area contributed by atoms with Crippen LogP contribution in [-0.4, -0.2) is 6.61 Å². The number of nitrogens with one attached hydrogen (secondary N) is 1. The van der Waals surface area contributed by atoms with Crippen molar-refractivity contribution in [1.82, 2.24) is 0 Å². The van der Waals surface area contributed by atoms with Crippen molar-refractivity contribution in [3.05, 3.63) is 59.2 Å². The fourth-order valence-electron chi connectivity index (χ4n) is 2.52. The highest BCUT2D eigenvalue weighted by molar-refractivity contribution is 5.51. The number of benzene rings is 2. The second-order valence-corrected chi connectivity index (χ2v) is 5.17. The fourth-order valence-corrected chi connectivity index (χ4v) is 2.52. The molecule has 3 rings (SSSR count). The Labute approximate surface area is 114 Å². The molecule has 98 valence electrons. The first-order chi connectivity index (χ1) is 9.24. The third-order valence-corrected chi connectivity index (χ3v) is 3.81. The molecule has 1 aliphatic heterocycles. The Kier molecular flexibility index (Phi) is 3.16. The van der Waals surface area contributed by atoms with Crippen molar-refractivity contribution in [2.75, 3.05) is 11.9 Å². The summed E-state index contributed by atoms with van der Waals surface area (Å²) < 4.78 is 5.69. The number of hydrogen-bond acceptors (Lipinski definition) is 2. The van der Waals surface area contributed by atoms with Crippen molar-refractivity contribution in [1.29, 1.82) is 0 Å². The monoisotopic (exact) mass is 253 g/mol. The second kappa shape index (κ2) is 4.96. The third kappa shape index (κ3) is 2.43. The first-order valence-electron chi connectivity index (χ1n) is 6.79. The molecular weight excluding hydrogens is 234 g/mol. The number of hydrogen-bond donors (Lipinski definition) is 1. The van der Waals surface area contributed by atoms with Gasteiger partial charge in [0.2, 0.25) is 0 Å². The maximum absolute atomic E-state index is 5.69. The maximum atomic E-state index is 5.69. The molecule has 1 N–H and O–H groups in total. The van der Waals surface area contributed by atoms with Gasteiger partial charge in [-0.1, -0.05) is 24.3 Å². The minimum absolute atomic E-state index is 0.340. The van der Waals surface area contributed by atoms with Gasteiger partial charge in [-0.3, -0.25) is 0 Å². The van der Waals surface area contributed by atoms with Gasteiger partial charge in [-0.2, -0.15) is 0 Å². The molecule has 1 heterocycles. The van der Waals surface area contributed by atoms with E-state index in [1.54, 1.807) is 0 Å². The predicted molar refractivity (Wildman–Crippen MR) is 78.8 cm³/mol. The summed E-state index contributed by atoms with van der Waals surface area (Å²) in [5, 5.41) is 3.63. The average Bonchev–Trinajstić information content (AvgIpc) is 2.43. The van der Waals surface area contributed by atoms with E-state index >= 15 is 0 Å². The van der Waals surface area contributed by atoms with Gasteiger partial charge in [0.25, 0.3) is 0 Å². The molecule has 0 aliphatic carbocycles. The van der Waals surface area contributed by atoms with Crippen molar-refractivity contribution in [2.45, 2.75) is 26.3 Å². The lowest BCUT2D eigenvalue weighted by molar-refractivity contribution is 0.274. The number of ether oxygens (including phenoxy) is 1. The van der Waals surface area contributed by atoms with Gasteiger partial charge in [0.05, 0.1) is 12.6 Å². The van der Waals surface area contributed by atoms with Crippen molar-refractivity contribution in [3.8, 4) is 5.75 Å². The van der Waals surface area contributed by atoms with Crippen LogP contribution in [0.15, 0.2) is 42.5 Å². The summed E-state index contributed by atoms with van der Waals surface area (Å²) in [4.78, 5) is 0. The van der Waals surface area contributed by atoms with Gasteiger partial charge >= 0.3 is 0 Å². The van der Waals surface area contributed by atoms with Gasteiger partial charge in [-0.15, -0.1) is 0 Å². The lowest BCUT2D eigenvalue weighted by Crippen LogP contribution is -2.20. The van der Waals surface area contributed by atoms with E-state index in [9.17, 15) is 0 Å². The summed E-state index contributed by atoms with van der Waals surface area (Å²) in [5.41, 5.74) is 5.10. The van der Waals surface area contributed by atoms with Crippen LogP contribution >= 0.6 is 0 Å². The molecule has 2 heteroatoms. The zero-order chi connectivity index (χ0) is 13.2. The summed E-state index contributed by atoms with van der Waals surface area (Å²) in [5.74, 6) is 1.01. The van der Waals surface area contributed by atoms with E-state index in [4.69, 9.17) is 4.74 Å². The first kappa shape index (κ1) is 12.1. The largest absolute Gasteiger partial charge is 0.493 e. The first-order valence-corrected chi connectivity index (χ1v) is 6.79. The molecular formula is C17H19NO. The fraction of sp³-hybridized carbons (Fsp3) is 0.294. The molecule has 1 aliphatic rings. The number of fused-ring (bicyclic) bond motifs is 1. The zero-order valence-corrected chi connectivity index (χ0v) is 11.4. The summed E-state index contributed by atoms with van der Waals surface area (Å²) >= 11 is 0. The highest BCUT2D eigenvalue weighted by atomic mass is 16.5. The lowest BCUT2D eigenvalue weighted by atomic mass is 10.00. The Morgan fingerprint density at radius 3 is 2.74 bits per heavy atom. The summed E-state index contributed by atoms with van der Waals surface area (Å²) in [7, 11) is 0. The standard InChI is InChI=1S/C17H19NO/c1-12-7-8-14(11-13(12)2)18-16-9-10-19-17-6-4-3-5-15(16)17/h3-8,11,16,18H,9-10H2,1-2H3. The zero-order valence-electron chi connectivity index (χ0n) is 11.4. The summed E-state index contributed by atoms with van der Waals surface area (Å²) in [6, 6.07) is 15.2. The number of rotatable bonds is 2. The van der Waals surface area contributed by atoms with Crippen molar-refractivity contribution >= 4 is 5.69 Å². The summed E-state index contributed by atoms with van der Waals surface area (Å²) in [6.07, 6.45) is 1.00. The van der Waals surface area contributed by atoms with Gasteiger partial charge in [0, 0.05) is 17.7 Å². The van der Waals surface area contributed by atoms with Crippen LogP contribution in [0.5, 0.6) is 5.75 Å². The molecule has 1 atom stereocenters. The summed E-state index contributed by atoms with van der Waals surface area (Å²) in [6.45, 7) is 5.07. The topological polar surface area (TPSA) is 21.3 Å². The van der Waals surface area contributed by atoms with Crippen molar-refractivity contribution < 1.29 is 4.74 Å². The van der Waals surface area contributed by atoms with Crippen LogP contribution in [-0.2, 0) is 0 Å². The third-order valence-electron chi connectivity index (χ3n) is 3.81. The van der Waals surface area contributed by atoms with E-state index in [0.717, 1.165) is 18.8 Å². The van der Waals surface area contributed by atoms with Gasteiger partial charge < -0.3 is 10.1 Å². The highest BCUT2D eigenvalue weighted by Crippen LogP contribution is 2.34. The minimum Gasteiger partial charge on any atom is -0.493 e. The quantitative estimate of drug-likeness (QED) is 0.864. The van der Waals surface area contributed by atoms with E-state index < -0.39 is 0 Å². The maximum Gasteiger partial charge on any atom is 0.124 e. The molecule has 0 amide bonds. The Bertz CT molecular complexity index is 592. The second-order valence-electron chi connectivity index (χ2n) is 5.17. The van der Waals surface area contributed by atoms with Crippen molar-refractivity contribution in [3.63, 3.8) is 0 Å². The van der Waals surface area contributed by atoms with Crippen LogP contribution in [0.3, 0.4) is 0 Å². The van der Waals surface area contributed by atoms with Crippen LogP contribution in [0.25, 0.3) is 0 Å². The minimum atomic E-state index is 0.340. The molecule has 0 spiro atoms. The van der Waals surface area contributed by atoms with E-state index in [1.165, 1.54) is 22.4 Å². The van der Waals surface area contributed by atoms with Gasteiger partial charge in [0.15, 0.2) is 0 Å². The van der Waals surface area contributed by atoms with E-state index in [1.807, 2.05) is 12.1 Å². The molecule has 0 saturated carbocycles. The van der Waals surface area contributed by atoms with Crippen LogP contribution in [0.1, 0.15) is 29.2 Å². The average molecular weight is 253 g/mol. The van der Waals surface area contributed by atoms with Crippen LogP contribution in [0.2, 0.25) is 0 Å². The van der Waals surface area contributed by atoms with E-state index in [-0.39, 0.29) is 0 Å². The van der Waals surface area contributed by atoms with Crippen LogP contribution in [0.4, 0.5) is 5.69 Å². The highest BCUT2D eigenvalue weighted by Gasteiger charge is 2.20. The molecule has 0 saturated heterocycles. The number of aryl methyl sites for hydroxylation is 2. The van der Waals surface area contributed by atoms with E-state index in [2.05, 4.69) is 49.5 Å².